The van der Waals surface area contributed by atoms with Gasteiger partial charge in [0.05, 0.1) is 18.7 Å². The summed E-state index contributed by atoms with van der Waals surface area (Å²) < 4.78 is 10.9. The fraction of sp³-hybridized carbons (Fsp3) is 0.364. The Labute approximate surface area is 165 Å². The fourth-order valence-electron chi connectivity index (χ4n) is 3.24. The molecule has 0 bridgehead atoms. The molecule has 1 aliphatic heterocycles. The lowest BCUT2D eigenvalue weighted by molar-refractivity contribution is -0.135. The molecule has 0 spiro atoms. The second-order valence-electron chi connectivity index (χ2n) is 6.72. The van der Waals surface area contributed by atoms with Gasteiger partial charge in [-0.15, -0.1) is 0 Å². The quantitative estimate of drug-likeness (QED) is 0.739. The number of methoxy groups -OCH3 is 1. The number of carbonyl (C=O) groups excluding carboxylic acids is 1. The van der Waals surface area contributed by atoms with Gasteiger partial charge in [-0.3, -0.25) is 9.69 Å². The van der Waals surface area contributed by atoms with Crippen LogP contribution in [0.25, 0.3) is 0 Å². The number of benzene rings is 2. The highest BCUT2D eigenvalue weighted by molar-refractivity contribution is 5.78. The summed E-state index contributed by atoms with van der Waals surface area (Å²) in [6.07, 6.45) is 1.02. The lowest BCUT2D eigenvalue weighted by Crippen LogP contribution is -2.50. The zero-order valence-electron chi connectivity index (χ0n) is 16.1. The largest absolute Gasteiger partial charge is 0.493 e. The predicted molar refractivity (Wildman–Crippen MR) is 106 cm³/mol. The zero-order chi connectivity index (χ0) is 19.8. The second kappa shape index (κ2) is 9.77. The molecular weight excluding hydrogens is 354 g/mol. The number of rotatable bonds is 7. The molecule has 0 aliphatic carbocycles. The maximum atomic E-state index is 12.5. The highest BCUT2D eigenvalue weighted by Crippen LogP contribution is 2.27. The van der Waals surface area contributed by atoms with Gasteiger partial charge in [0, 0.05) is 38.8 Å². The van der Waals surface area contributed by atoms with Crippen LogP contribution in [0.1, 0.15) is 11.1 Å². The number of ether oxygens (including phenoxy) is 2. The number of nitriles is 1. The van der Waals surface area contributed by atoms with E-state index in [-0.39, 0.29) is 12.5 Å². The van der Waals surface area contributed by atoms with Crippen molar-refractivity contribution in [2.45, 2.75) is 6.42 Å². The van der Waals surface area contributed by atoms with Crippen LogP contribution in [0, 0.1) is 11.3 Å². The average molecular weight is 379 g/mol. The minimum absolute atomic E-state index is 0.0332. The van der Waals surface area contributed by atoms with Crippen LogP contribution in [-0.2, 0) is 11.2 Å². The van der Waals surface area contributed by atoms with Crippen LogP contribution in [0.2, 0.25) is 0 Å². The van der Waals surface area contributed by atoms with Crippen LogP contribution in [0.15, 0.2) is 48.5 Å². The molecule has 0 N–H and O–H groups in total. The molecule has 146 valence electrons. The van der Waals surface area contributed by atoms with Crippen molar-refractivity contribution in [1.82, 2.24) is 9.80 Å². The van der Waals surface area contributed by atoms with Crippen LogP contribution < -0.4 is 9.47 Å². The molecule has 1 amide bonds. The Hall–Kier alpha value is -3.04. The van der Waals surface area contributed by atoms with E-state index in [1.807, 2.05) is 11.0 Å². The summed E-state index contributed by atoms with van der Waals surface area (Å²) in [5.74, 6) is 0.892. The fourth-order valence-corrected chi connectivity index (χ4v) is 3.24. The van der Waals surface area contributed by atoms with Crippen molar-refractivity contribution in [2.75, 3.05) is 46.4 Å². The first kappa shape index (κ1) is 19.7. The third-order valence-corrected chi connectivity index (χ3v) is 4.93. The Balaban J connectivity index is 1.43. The number of amides is 1. The van der Waals surface area contributed by atoms with Crippen molar-refractivity contribution in [3.8, 4) is 17.6 Å². The van der Waals surface area contributed by atoms with Crippen molar-refractivity contribution < 1.29 is 14.3 Å². The van der Waals surface area contributed by atoms with Gasteiger partial charge in [-0.1, -0.05) is 30.3 Å². The van der Waals surface area contributed by atoms with E-state index >= 15 is 0 Å². The van der Waals surface area contributed by atoms with Crippen LogP contribution in [0.4, 0.5) is 0 Å². The Morgan fingerprint density at radius 1 is 1.07 bits per heavy atom. The second-order valence-corrected chi connectivity index (χ2v) is 6.72. The van der Waals surface area contributed by atoms with Gasteiger partial charge in [-0.25, -0.2) is 0 Å². The van der Waals surface area contributed by atoms with Gasteiger partial charge in [0.25, 0.3) is 5.91 Å². The Bertz CT molecular complexity index is 825. The van der Waals surface area contributed by atoms with Crippen molar-refractivity contribution in [1.29, 1.82) is 5.26 Å². The molecule has 1 fully saturated rings. The average Bonchev–Trinajstić information content (AvgIpc) is 2.77. The number of carbonyl (C=O) groups is 1. The summed E-state index contributed by atoms with van der Waals surface area (Å²) in [7, 11) is 1.51. The van der Waals surface area contributed by atoms with E-state index in [2.05, 4.69) is 35.2 Å². The van der Waals surface area contributed by atoms with Gasteiger partial charge >= 0.3 is 0 Å². The Kier molecular flexibility index (Phi) is 6.88. The Morgan fingerprint density at radius 2 is 1.82 bits per heavy atom. The first-order valence-corrected chi connectivity index (χ1v) is 9.44. The molecule has 0 aromatic heterocycles. The molecule has 0 unspecified atom stereocenters. The smallest absolute Gasteiger partial charge is 0.260 e. The summed E-state index contributed by atoms with van der Waals surface area (Å²) in [6.45, 7) is 4.14. The molecular formula is C22H25N3O3. The van der Waals surface area contributed by atoms with Gasteiger partial charge < -0.3 is 14.4 Å². The normalized spacial score (nSPS) is 14.4. The number of nitrogens with zero attached hydrogens (tertiary/aromatic N) is 3. The molecule has 28 heavy (non-hydrogen) atoms. The highest BCUT2D eigenvalue weighted by atomic mass is 16.5. The molecule has 2 aromatic rings. The molecule has 6 nitrogen and oxygen atoms in total. The van der Waals surface area contributed by atoms with Crippen LogP contribution in [-0.4, -0.2) is 62.1 Å². The molecule has 1 heterocycles. The summed E-state index contributed by atoms with van der Waals surface area (Å²) in [5, 5.41) is 8.95. The lowest BCUT2D eigenvalue weighted by atomic mass is 10.1. The predicted octanol–water partition coefficient (Wildman–Crippen LogP) is 2.33. The standard InChI is InChI=1S/C22H25N3O3/c1-27-21-15-19(16-23)7-8-20(21)28-17-22(26)25-13-11-24(12-14-25)10-9-18-5-3-2-4-6-18/h2-8,15H,9-14,17H2,1H3. The van der Waals surface area contributed by atoms with Gasteiger partial charge in [-0.2, -0.15) is 5.26 Å². The van der Waals surface area contributed by atoms with E-state index in [0.29, 0.717) is 30.2 Å². The molecule has 0 radical (unpaired) electrons. The summed E-state index contributed by atoms with van der Waals surface area (Å²) in [4.78, 5) is 16.7. The van der Waals surface area contributed by atoms with Crippen LogP contribution in [0.3, 0.4) is 0 Å². The van der Waals surface area contributed by atoms with Crippen molar-refractivity contribution in [2.24, 2.45) is 0 Å². The van der Waals surface area contributed by atoms with E-state index in [9.17, 15) is 4.79 Å². The van der Waals surface area contributed by atoms with E-state index in [1.54, 1.807) is 18.2 Å². The summed E-state index contributed by atoms with van der Waals surface area (Å²) in [5.41, 5.74) is 1.83. The van der Waals surface area contributed by atoms with Crippen molar-refractivity contribution in [3.63, 3.8) is 0 Å². The maximum absolute atomic E-state index is 12.5. The van der Waals surface area contributed by atoms with Crippen LogP contribution in [0.5, 0.6) is 11.5 Å². The molecule has 0 atom stereocenters. The highest BCUT2D eigenvalue weighted by Gasteiger charge is 2.21. The van der Waals surface area contributed by atoms with Crippen LogP contribution >= 0.6 is 0 Å². The molecule has 1 saturated heterocycles. The zero-order valence-corrected chi connectivity index (χ0v) is 16.1. The van der Waals surface area contributed by atoms with Gasteiger partial charge in [0.15, 0.2) is 18.1 Å². The topological polar surface area (TPSA) is 65.8 Å². The molecule has 3 rings (SSSR count). The monoisotopic (exact) mass is 379 g/mol. The summed E-state index contributed by atoms with van der Waals surface area (Å²) in [6, 6.07) is 17.4. The molecule has 6 heteroatoms. The van der Waals surface area contributed by atoms with E-state index in [4.69, 9.17) is 14.7 Å². The third kappa shape index (κ3) is 5.24. The van der Waals surface area contributed by atoms with E-state index in [1.165, 1.54) is 12.7 Å². The molecule has 0 saturated carbocycles. The van der Waals surface area contributed by atoms with E-state index < -0.39 is 0 Å². The first-order chi connectivity index (χ1) is 13.7. The van der Waals surface area contributed by atoms with Gasteiger partial charge in [0.2, 0.25) is 0 Å². The first-order valence-electron chi connectivity index (χ1n) is 9.44. The van der Waals surface area contributed by atoms with Crippen molar-refractivity contribution >= 4 is 5.91 Å². The minimum atomic E-state index is -0.0354. The summed E-state index contributed by atoms with van der Waals surface area (Å²) >= 11 is 0. The molecule has 1 aliphatic rings. The third-order valence-electron chi connectivity index (χ3n) is 4.93. The SMILES string of the molecule is COc1cc(C#N)ccc1OCC(=O)N1CCN(CCc2ccccc2)CC1. The number of hydrogen-bond donors (Lipinski definition) is 0. The van der Waals surface area contributed by atoms with Gasteiger partial charge in [0.1, 0.15) is 0 Å². The van der Waals surface area contributed by atoms with Gasteiger partial charge in [-0.05, 0) is 24.1 Å². The van der Waals surface area contributed by atoms with Crippen molar-refractivity contribution in [3.05, 3.63) is 59.7 Å². The van der Waals surface area contributed by atoms with E-state index in [0.717, 1.165) is 26.1 Å². The molecule has 2 aromatic carbocycles. The lowest BCUT2D eigenvalue weighted by Gasteiger charge is -2.34. The number of hydrogen-bond acceptors (Lipinski definition) is 5. The maximum Gasteiger partial charge on any atom is 0.260 e. The number of piperazine rings is 1. The minimum Gasteiger partial charge on any atom is -0.493 e. The Morgan fingerprint density at radius 3 is 2.50 bits per heavy atom.